The fourth-order valence-electron chi connectivity index (χ4n) is 2.01. The summed E-state index contributed by atoms with van der Waals surface area (Å²) >= 11 is -1.44. The number of nitrogens with zero attached hydrogens (tertiary/aromatic N) is 3. The van der Waals surface area contributed by atoms with Crippen molar-refractivity contribution in [3.05, 3.63) is 48.1 Å². The molecule has 1 heterocycles. The normalized spacial score (nSPS) is 13.4. The second-order valence-electron chi connectivity index (χ2n) is 5.50. The summed E-state index contributed by atoms with van der Waals surface area (Å²) in [5, 5.41) is 0. The van der Waals surface area contributed by atoms with Crippen molar-refractivity contribution in [2.45, 2.75) is 20.8 Å². The van der Waals surface area contributed by atoms with Crippen LogP contribution in [0.15, 0.2) is 35.3 Å². The maximum Gasteiger partial charge on any atom is 0.135 e. The molecular formula is C16H17F2N3OS. The average molecular weight is 337 g/mol. The monoisotopic (exact) mass is 337 g/mol. The van der Waals surface area contributed by atoms with E-state index < -0.39 is 23.0 Å². The maximum absolute atomic E-state index is 14.1. The van der Waals surface area contributed by atoms with Crippen molar-refractivity contribution >= 4 is 17.1 Å². The number of halogens is 2. The highest BCUT2D eigenvalue weighted by Gasteiger charge is 2.16. The molecule has 0 aliphatic rings. The van der Waals surface area contributed by atoms with Gasteiger partial charge in [0.05, 0.1) is 17.1 Å². The Labute approximate surface area is 137 Å². The van der Waals surface area contributed by atoms with Gasteiger partial charge in [-0.25, -0.2) is 18.7 Å². The highest BCUT2D eigenvalue weighted by molar-refractivity contribution is 7.90. The molecule has 122 valence electrons. The lowest BCUT2D eigenvalue weighted by Crippen LogP contribution is -2.12. The summed E-state index contributed by atoms with van der Waals surface area (Å²) in [6, 6.07) is 2.14. The van der Waals surface area contributed by atoms with Gasteiger partial charge in [0.25, 0.3) is 0 Å². The third-order valence-corrected chi connectivity index (χ3v) is 4.46. The van der Waals surface area contributed by atoms with Gasteiger partial charge in [-0.2, -0.15) is 0 Å². The zero-order chi connectivity index (χ0) is 17.0. The van der Waals surface area contributed by atoms with E-state index in [0.717, 1.165) is 6.07 Å². The summed E-state index contributed by atoms with van der Waals surface area (Å²) < 4.78 is 44.0. The molecule has 2 rings (SSSR count). The summed E-state index contributed by atoms with van der Waals surface area (Å²) in [4.78, 5) is 7.66. The van der Waals surface area contributed by atoms with Gasteiger partial charge in [-0.05, 0) is 13.0 Å². The Morgan fingerprint density at radius 2 is 1.87 bits per heavy atom. The lowest BCUT2D eigenvalue weighted by molar-refractivity contribution is 0.582. The Kier molecular flexibility index (Phi) is 5.79. The van der Waals surface area contributed by atoms with E-state index in [0.29, 0.717) is 11.3 Å². The number of benzene rings is 1. The van der Waals surface area contributed by atoms with Crippen molar-refractivity contribution in [1.29, 1.82) is 0 Å². The first-order valence-corrected chi connectivity index (χ1v) is 8.34. The Bertz CT molecular complexity index is 708. The third kappa shape index (κ3) is 4.56. The molecule has 0 amide bonds. The zero-order valence-corrected chi connectivity index (χ0v) is 13.9. The number of hydrogen-bond donors (Lipinski definition) is 0. The lowest BCUT2D eigenvalue weighted by Gasteiger charge is -2.10. The van der Waals surface area contributed by atoms with Crippen LogP contribution in [0.5, 0.6) is 0 Å². The number of rotatable bonds is 5. The molecule has 0 bridgehead atoms. The Morgan fingerprint density at radius 3 is 2.48 bits per heavy atom. The molecule has 0 saturated carbocycles. The smallest absolute Gasteiger partial charge is 0.135 e. The van der Waals surface area contributed by atoms with Gasteiger partial charge in [-0.15, -0.1) is 0 Å². The highest BCUT2D eigenvalue weighted by atomic mass is 32.2. The maximum atomic E-state index is 14.1. The van der Waals surface area contributed by atoms with E-state index in [1.807, 2.05) is 13.8 Å². The van der Waals surface area contributed by atoms with Crippen LogP contribution in [0.2, 0.25) is 0 Å². The second kappa shape index (κ2) is 7.61. The summed E-state index contributed by atoms with van der Waals surface area (Å²) in [6.45, 7) is 5.41. The summed E-state index contributed by atoms with van der Waals surface area (Å²) in [7, 11) is 0. The first-order valence-electron chi connectivity index (χ1n) is 7.07. The van der Waals surface area contributed by atoms with Crippen LogP contribution in [0.4, 0.5) is 8.78 Å². The van der Waals surface area contributed by atoms with Crippen molar-refractivity contribution in [2.24, 2.45) is 10.3 Å². The topological polar surface area (TPSA) is 61.2 Å². The van der Waals surface area contributed by atoms with Gasteiger partial charge in [0.15, 0.2) is 0 Å². The minimum Gasteiger partial charge on any atom is -0.591 e. The van der Waals surface area contributed by atoms with Crippen LogP contribution >= 0.6 is 0 Å². The Balaban J connectivity index is 2.41. The van der Waals surface area contributed by atoms with E-state index in [1.54, 1.807) is 6.92 Å². The van der Waals surface area contributed by atoms with Gasteiger partial charge < -0.3 is 4.55 Å². The summed E-state index contributed by atoms with van der Waals surface area (Å²) in [6.07, 6.45) is 4.21. The molecule has 0 N–H and O–H groups in total. The fraction of sp³-hybridized carbons (Fsp3) is 0.312. The average Bonchev–Trinajstić information content (AvgIpc) is 2.47. The second-order valence-corrected chi connectivity index (χ2v) is 6.66. The SMILES string of the molecule is C/C(=N\[S+]([O-])CC(C)C)c1cc(-c2cncnc2)c(F)cc1F. The molecule has 1 aromatic carbocycles. The molecule has 4 nitrogen and oxygen atoms in total. The predicted octanol–water partition coefficient (Wildman–Crippen LogP) is 3.55. The van der Waals surface area contributed by atoms with Crippen molar-refractivity contribution in [2.75, 3.05) is 5.75 Å². The van der Waals surface area contributed by atoms with E-state index in [-0.39, 0.29) is 22.8 Å². The Morgan fingerprint density at radius 1 is 1.22 bits per heavy atom. The standard InChI is InChI=1S/C16H17F2N3OS/c1-10(2)8-23(22)21-11(3)13-4-14(16(18)5-15(13)17)12-6-19-9-20-7-12/h4-7,9-10H,8H2,1-3H3/b21-11+. The van der Waals surface area contributed by atoms with Gasteiger partial charge >= 0.3 is 0 Å². The van der Waals surface area contributed by atoms with E-state index >= 15 is 0 Å². The number of aromatic nitrogens is 2. The minimum atomic E-state index is -1.44. The largest absolute Gasteiger partial charge is 0.591 e. The first kappa shape index (κ1) is 17.5. The first-order chi connectivity index (χ1) is 10.9. The van der Waals surface area contributed by atoms with Gasteiger partial charge in [0, 0.05) is 41.1 Å². The van der Waals surface area contributed by atoms with E-state index in [9.17, 15) is 13.3 Å². The molecule has 23 heavy (non-hydrogen) atoms. The molecule has 0 aliphatic heterocycles. The van der Waals surface area contributed by atoms with Crippen molar-refractivity contribution in [3.63, 3.8) is 0 Å². The van der Waals surface area contributed by atoms with Crippen molar-refractivity contribution in [3.8, 4) is 11.1 Å². The molecule has 0 saturated heterocycles. The van der Waals surface area contributed by atoms with E-state index in [2.05, 4.69) is 14.4 Å². The molecule has 0 aliphatic carbocycles. The predicted molar refractivity (Wildman–Crippen MR) is 87.4 cm³/mol. The van der Waals surface area contributed by atoms with Crippen molar-refractivity contribution in [1.82, 2.24) is 9.97 Å². The molecule has 0 spiro atoms. The molecule has 1 aromatic heterocycles. The van der Waals surface area contributed by atoms with E-state index in [1.165, 1.54) is 24.8 Å². The summed E-state index contributed by atoms with van der Waals surface area (Å²) in [5.41, 5.74) is 0.982. The molecule has 0 radical (unpaired) electrons. The van der Waals surface area contributed by atoms with Gasteiger partial charge in [-0.1, -0.05) is 18.2 Å². The summed E-state index contributed by atoms with van der Waals surface area (Å²) in [5.74, 6) is -0.856. The van der Waals surface area contributed by atoms with Crippen LogP contribution in [0.25, 0.3) is 11.1 Å². The third-order valence-electron chi connectivity index (χ3n) is 3.03. The van der Waals surface area contributed by atoms with E-state index in [4.69, 9.17) is 0 Å². The molecule has 2 aromatic rings. The lowest BCUT2D eigenvalue weighted by atomic mass is 10.0. The quantitative estimate of drug-likeness (QED) is 0.619. The van der Waals surface area contributed by atoms with Gasteiger partial charge in [0.1, 0.15) is 23.7 Å². The minimum absolute atomic E-state index is 0.113. The number of hydrogen-bond acceptors (Lipinski definition) is 4. The van der Waals surface area contributed by atoms with Crippen LogP contribution in [-0.4, -0.2) is 26.0 Å². The molecule has 1 unspecified atom stereocenters. The van der Waals surface area contributed by atoms with Gasteiger partial charge in [-0.3, -0.25) is 0 Å². The Hall–Kier alpha value is -1.86. The molecule has 0 fully saturated rings. The molecular weight excluding hydrogens is 320 g/mol. The van der Waals surface area contributed by atoms with Crippen LogP contribution < -0.4 is 0 Å². The molecule has 1 atom stereocenters. The van der Waals surface area contributed by atoms with Crippen LogP contribution in [0.1, 0.15) is 26.3 Å². The van der Waals surface area contributed by atoms with Crippen LogP contribution in [-0.2, 0) is 11.4 Å². The van der Waals surface area contributed by atoms with Crippen LogP contribution in [0, 0.1) is 17.6 Å². The fourth-order valence-corrected chi connectivity index (χ4v) is 3.06. The van der Waals surface area contributed by atoms with Crippen molar-refractivity contribution < 1.29 is 13.3 Å². The van der Waals surface area contributed by atoms with Gasteiger partial charge in [0.2, 0.25) is 0 Å². The highest BCUT2D eigenvalue weighted by Crippen LogP contribution is 2.25. The molecule has 7 heteroatoms. The van der Waals surface area contributed by atoms with Crippen LogP contribution in [0.3, 0.4) is 0 Å². The zero-order valence-electron chi connectivity index (χ0n) is 13.1.